The number of carbonyl (C=O) groups excluding carboxylic acids is 1. The zero-order valence-corrected chi connectivity index (χ0v) is 18.3. The molecule has 1 amide bonds. The fourth-order valence-electron chi connectivity index (χ4n) is 2.67. The van der Waals surface area contributed by atoms with Crippen LogP contribution in [0.5, 0.6) is 5.75 Å². The summed E-state index contributed by atoms with van der Waals surface area (Å²) in [4.78, 5) is 12.4. The molecule has 0 saturated carbocycles. The highest BCUT2D eigenvalue weighted by molar-refractivity contribution is 7.92. The van der Waals surface area contributed by atoms with Crippen molar-refractivity contribution in [3.8, 4) is 11.8 Å². The number of nitrogens with one attached hydrogen (secondary N) is 4. The summed E-state index contributed by atoms with van der Waals surface area (Å²) in [6.07, 6.45) is 0. The first-order valence-corrected chi connectivity index (χ1v) is 11.0. The topological polar surface area (TPSA) is 148 Å². The van der Waals surface area contributed by atoms with Gasteiger partial charge in [0.25, 0.3) is 15.9 Å². The number of amides is 1. The van der Waals surface area contributed by atoms with Gasteiger partial charge in [0.1, 0.15) is 5.69 Å². The second kappa shape index (κ2) is 9.86. The van der Waals surface area contributed by atoms with Gasteiger partial charge in [0.2, 0.25) is 5.96 Å². The molecular weight excluding hydrogens is 484 g/mol. The predicted molar refractivity (Wildman–Crippen MR) is 114 cm³/mol. The highest BCUT2D eigenvalue weighted by atomic mass is 35.5. The number of hydrazone groups is 1. The molecule has 2 aromatic carbocycles. The van der Waals surface area contributed by atoms with Gasteiger partial charge in [-0.25, -0.2) is 14.0 Å². The number of hydrazine groups is 2. The third kappa shape index (κ3) is 5.40. The molecule has 1 aliphatic rings. The van der Waals surface area contributed by atoms with Crippen molar-refractivity contribution in [1.82, 2.24) is 21.4 Å². The van der Waals surface area contributed by atoms with Crippen molar-refractivity contribution >= 4 is 39.2 Å². The molecule has 1 aliphatic heterocycles. The van der Waals surface area contributed by atoms with Crippen LogP contribution in [-0.4, -0.2) is 38.4 Å². The highest BCUT2D eigenvalue weighted by Crippen LogP contribution is 2.38. The highest BCUT2D eigenvalue weighted by Gasteiger charge is 2.26. The molecule has 33 heavy (non-hydrogen) atoms. The van der Waals surface area contributed by atoms with Crippen LogP contribution in [-0.2, 0) is 10.0 Å². The number of halogens is 3. The minimum absolute atomic E-state index is 0.103. The number of nitriles is 1. The lowest BCUT2D eigenvalue weighted by Crippen LogP contribution is -2.47. The van der Waals surface area contributed by atoms with Crippen molar-refractivity contribution in [2.24, 2.45) is 5.10 Å². The Balaban J connectivity index is 1.97. The fourth-order valence-corrected chi connectivity index (χ4v) is 4.10. The van der Waals surface area contributed by atoms with Crippen LogP contribution >= 0.6 is 11.6 Å². The third-order valence-corrected chi connectivity index (χ3v) is 6.00. The number of carbonyl (C=O) groups is 1. The quantitative estimate of drug-likeness (QED) is 0.452. The number of hydrogen-bond acceptors (Lipinski definition) is 9. The van der Waals surface area contributed by atoms with E-state index in [1.54, 1.807) is 6.92 Å². The maximum atomic E-state index is 12.9. The molecule has 0 saturated heterocycles. The van der Waals surface area contributed by atoms with Crippen molar-refractivity contribution in [2.75, 3.05) is 11.3 Å². The zero-order chi connectivity index (χ0) is 24.2. The number of hydrogen-bond donors (Lipinski definition) is 4. The standard InChI is InChI=1S/C18H16ClF2N7O4S/c1-2-28-18(24-26-27-28)23-16(29)12-7-8-13(32-17(20)21)15(14(12)19)25-33(30,31)11-5-3-10(9-22)4-6-11/h3-8,17,25-27H,2H2,1H3,(H,23,24,29). The number of rotatable bonds is 7. The van der Waals surface area contributed by atoms with Crippen molar-refractivity contribution in [3.63, 3.8) is 0 Å². The van der Waals surface area contributed by atoms with Crippen LogP contribution in [0.2, 0.25) is 5.02 Å². The minimum Gasteiger partial charge on any atom is -0.433 e. The van der Waals surface area contributed by atoms with Gasteiger partial charge in [-0.05, 0) is 43.3 Å². The van der Waals surface area contributed by atoms with Gasteiger partial charge in [-0.3, -0.25) is 19.8 Å². The molecule has 0 atom stereocenters. The van der Waals surface area contributed by atoms with E-state index >= 15 is 0 Å². The molecule has 0 fully saturated rings. The van der Waals surface area contributed by atoms with Gasteiger partial charge in [-0.2, -0.15) is 14.0 Å². The third-order valence-electron chi connectivity index (χ3n) is 4.24. The van der Waals surface area contributed by atoms with Gasteiger partial charge < -0.3 is 4.74 Å². The number of benzene rings is 2. The maximum absolute atomic E-state index is 12.9. The Kier molecular flexibility index (Phi) is 7.16. The summed E-state index contributed by atoms with van der Waals surface area (Å²) in [6.45, 7) is -1.08. The molecule has 0 radical (unpaired) electrons. The van der Waals surface area contributed by atoms with E-state index in [0.717, 1.165) is 24.3 Å². The number of anilines is 1. The van der Waals surface area contributed by atoms with Crippen LogP contribution in [0.1, 0.15) is 22.8 Å². The molecule has 4 N–H and O–H groups in total. The maximum Gasteiger partial charge on any atom is 0.387 e. The summed E-state index contributed by atoms with van der Waals surface area (Å²) in [6, 6.07) is 8.75. The predicted octanol–water partition coefficient (Wildman–Crippen LogP) is 1.96. The molecule has 0 bridgehead atoms. The van der Waals surface area contributed by atoms with Crippen LogP contribution in [0.15, 0.2) is 46.4 Å². The van der Waals surface area contributed by atoms with E-state index in [0.29, 0.717) is 6.54 Å². The Morgan fingerprint density at radius 3 is 2.61 bits per heavy atom. The lowest BCUT2D eigenvalue weighted by molar-refractivity contribution is -0.0493. The van der Waals surface area contributed by atoms with E-state index in [1.807, 2.05) is 6.07 Å². The second-order valence-electron chi connectivity index (χ2n) is 6.28. The molecule has 0 aliphatic carbocycles. The van der Waals surface area contributed by atoms with Crippen molar-refractivity contribution in [2.45, 2.75) is 18.4 Å². The van der Waals surface area contributed by atoms with Crippen LogP contribution in [0.25, 0.3) is 0 Å². The number of alkyl halides is 2. The Hall–Kier alpha value is -3.67. The van der Waals surface area contributed by atoms with Crippen LogP contribution in [0.4, 0.5) is 14.5 Å². The molecule has 0 aromatic heterocycles. The largest absolute Gasteiger partial charge is 0.433 e. The number of ether oxygens (including phenoxy) is 1. The number of guanidine groups is 1. The van der Waals surface area contributed by atoms with E-state index in [9.17, 15) is 22.0 Å². The molecule has 3 rings (SSSR count). The lowest BCUT2D eigenvalue weighted by Gasteiger charge is -2.19. The van der Waals surface area contributed by atoms with Gasteiger partial charge in [-0.1, -0.05) is 11.6 Å². The summed E-state index contributed by atoms with van der Waals surface area (Å²) in [5, 5.41) is 16.1. The first-order valence-electron chi connectivity index (χ1n) is 9.13. The minimum atomic E-state index is -4.35. The average Bonchev–Trinajstić information content (AvgIpc) is 3.23. The summed E-state index contributed by atoms with van der Waals surface area (Å²) >= 11 is 6.25. The van der Waals surface area contributed by atoms with E-state index in [-0.39, 0.29) is 22.0 Å². The molecular formula is C18H16ClF2N7O4S. The molecule has 0 spiro atoms. The van der Waals surface area contributed by atoms with Gasteiger partial charge in [0.05, 0.1) is 27.1 Å². The Morgan fingerprint density at radius 1 is 1.30 bits per heavy atom. The molecule has 0 unspecified atom stereocenters. The summed E-state index contributed by atoms with van der Waals surface area (Å²) in [7, 11) is -4.35. The van der Waals surface area contributed by atoms with Crippen LogP contribution in [0.3, 0.4) is 0 Å². The summed E-state index contributed by atoms with van der Waals surface area (Å²) in [5.74, 6) is -1.28. The monoisotopic (exact) mass is 499 g/mol. The van der Waals surface area contributed by atoms with Gasteiger partial charge in [0, 0.05) is 6.54 Å². The second-order valence-corrected chi connectivity index (χ2v) is 8.34. The molecule has 15 heteroatoms. The normalized spacial score (nSPS) is 13.2. The zero-order valence-electron chi connectivity index (χ0n) is 16.8. The van der Waals surface area contributed by atoms with E-state index in [4.69, 9.17) is 16.9 Å². The van der Waals surface area contributed by atoms with Crippen LogP contribution < -0.4 is 25.8 Å². The summed E-state index contributed by atoms with van der Waals surface area (Å²) < 4.78 is 57.8. The summed E-state index contributed by atoms with van der Waals surface area (Å²) in [5.41, 5.74) is 4.51. The molecule has 2 aromatic rings. The van der Waals surface area contributed by atoms with E-state index in [1.165, 1.54) is 17.1 Å². The van der Waals surface area contributed by atoms with Gasteiger partial charge >= 0.3 is 6.61 Å². The Bertz CT molecular complexity index is 1230. The Morgan fingerprint density at radius 2 is 2.00 bits per heavy atom. The molecule has 11 nitrogen and oxygen atoms in total. The first kappa shape index (κ1) is 24.0. The fraction of sp³-hybridized carbons (Fsp3) is 0.167. The smallest absolute Gasteiger partial charge is 0.387 e. The SMILES string of the molecule is CCN1NNN=C1NC(=O)c1ccc(OC(F)F)c(NS(=O)(=O)c2ccc(C#N)cc2)c1Cl. The van der Waals surface area contributed by atoms with E-state index < -0.39 is 39.0 Å². The Labute approximate surface area is 192 Å². The lowest BCUT2D eigenvalue weighted by atomic mass is 10.1. The van der Waals surface area contributed by atoms with Gasteiger partial charge in [-0.15, -0.1) is 10.6 Å². The number of nitrogens with zero attached hydrogens (tertiary/aromatic N) is 3. The number of sulfonamides is 1. The van der Waals surface area contributed by atoms with Gasteiger partial charge in [0.15, 0.2) is 5.75 Å². The molecule has 1 heterocycles. The average molecular weight is 500 g/mol. The van der Waals surface area contributed by atoms with Crippen molar-refractivity contribution in [1.29, 1.82) is 5.26 Å². The van der Waals surface area contributed by atoms with Crippen molar-refractivity contribution < 1.29 is 26.7 Å². The molecule has 174 valence electrons. The van der Waals surface area contributed by atoms with E-state index in [2.05, 4.69) is 30.9 Å². The van der Waals surface area contributed by atoms with Crippen LogP contribution in [0, 0.1) is 11.3 Å². The first-order chi connectivity index (χ1) is 15.7. The van der Waals surface area contributed by atoms with Crippen molar-refractivity contribution in [3.05, 3.63) is 52.5 Å².